The third-order valence-electron chi connectivity index (χ3n) is 6.26. The normalized spacial score (nSPS) is 13.2. The summed E-state index contributed by atoms with van der Waals surface area (Å²) in [5.74, 6) is -0.140. The zero-order chi connectivity index (χ0) is 24.7. The van der Waals surface area contributed by atoms with Crippen molar-refractivity contribution in [3.8, 4) is 0 Å². The number of nitrogens with zero attached hydrogens (tertiary/aromatic N) is 4. The number of halogens is 1. The topological polar surface area (TPSA) is 112 Å². The highest BCUT2D eigenvalue weighted by atomic mass is 35.5. The van der Waals surface area contributed by atoms with E-state index in [4.69, 9.17) is 11.6 Å². The molecule has 176 valence electrons. The van der Waals surface area contributed by atoms with E-state index in [9.17, 15) is 25.0 Å². The van der Waals surface area contributed by atoms with Crippen LogP contribution in [0.2, 0.25) is 5.02 Å². The van der Waals surface area contributed by atoms with Gasteiger partial charge in [0, 0.05) is 59.8 Å². The molecule has 0 bridgehead atoms. The fourth-order valence-electron chi connectivity index (χ4n) is 4.56. The molecule has 3 aromatic carbocycles. The predicted molar refractivity (Wildman–Crippen MR) is 131 cm³/mol. The van der Waals surface area contributed by atoms with Gasteiger partial charge in [0.25, 0.3) is 17.3 Å². The quantitative estimate of drug-likeness (QED) is 0.267. The van der Waals surface area contributed by atoms with Crippen LogP contribution in [0, 0.1) is 20.2 Å². The summed E-state index contributed by atoms with van der Waals surface area (Å²) in [4.78, 5) is 36.5. The summed E-state index contributed by atoms with van der Waals surface area (Å²) < 4.78 is 1.94. The van der Waals surface area contributed by atoms with Crippen molar-refractivity contribution >= 4 is 39.8 Å². The number of nitro benzene ring substituents is 2. The molecule has 4 aromatic rings. The molecule has 9 nitrogen and oxygen atoms in total. The Morgan fingerprint density at radius 2 is 1.40 bits per heavy atom. The van der Waals surface area contributed by atoms with Crippen molar-refractivity contribution in [2.75, 3.05) is 6.54 Å². The van der Waals surface area contributed by atoms with Crippen LogP contribution in [0.1, 0.15) is 27.2 Å². The monoisotopic (exact) mass is 490 g/mol. The van der Waals surface area contributed by atoms with Gasteiger partial charge in [-0.2, -0.15) is 0 Å². The number of hydrogen-bond donors (Lipinski definition) is 0. The number of hydrogen-bond acceptors (Lipinski definition) is 5. The number of carbonyl (C=O) groups excluding carboxylic acids is 1. The Morgan fingerprint density at radius 3 is 1.97 bits per heavy atom. The molecule has 0 unspecified atom stereocenters. The first kappa shape index (κ1) is 22.5. The maximum absolute atomic E-state index is 13.7. The summed E-state index contributed by atoms with van der Waals surface area (Å²) in [5.41, 5.74) is 3.98. The Kier molecular flexibility index (Phi) is 5.70. The number of fused-ring (bicyclic) bond motifs is 3. The molecule has 35 heavy (non-hydrogen) atoms. The van der Waals surface area contributed by atoms with Crippen molar-refractivity contribution < 1.29 is 14.6 Å². The van der Waals surface area contributed by atoms with Crippen LogP contribution in [0.4, 0.5) is 11.4 Å². The van der Waals surface area contributed by atoms with E-state index < -0.39 is 9.85 Å². The average molecular weight is 491 g/mol. The predicted octanol–water partition coefficient (Wildman–Crippen LogP) is 5.36. The van der Waals surface area contributed by atoms with Crippen LogP contribution in [0.25, 0.3) is 10.9 Å². The van der Waals surface area contributed by atoms with Crippen molar-refractivity contribution in [2.45, 2.75) is 19.5 Å². The van der Waals surface area contributed by atoms with Crippen LogP contribution < -0.4 is 0 Å². The Balaban J connectivity index is 1.52. The van der Waals surface area contributed by atoms with E-state index in [1.165, 1.54) is 24.3 Å². The molecule has 1 aliphatic heterocycles. The minimum atomic E-state index is -0.454. The van der Waals surface area contributed by atoms with E-state index in [1.54, 1.807) is 35.2 Å². The molecule has 0 saturated heterocycles. The molecular formula is C25H19ClN4O5. The van der Waals surface area contributed by atoms with Crippen molar-refractivity contribution in [3.63, 3.8) is 0 Å². The molecule has 0 saturated carbocycles. The highest BCUT2D eigenvalue weighted by molar-refractivity contribution is 6.31. The molecule has 2 heterocycles. The fourth-order valence-corrected chi connectivity index (χ4v) is 4.73. The van der Waals surface area contributed by atoms with Gasteiger partial charge in [-0.1, -0.05) is 35.9 Å². The summed E-state index contributed by atoms with van der Waals surface area (Å²) in [7, 11) is 0. The second-order valence-corrected chi connectivity index (χ2v) is 8.84. The molecular weight excluding hydrogens is 472 g/mol. The zero-order valence-electron chi connectivity index (χ0n) is 18.4. The van der Waals surface area contributed by atoms with Gasteiger partial charge < -0.3 is 9.47 Å². The fraction of sp³-hybridized carbons (Fsp3) is 0.160. The standard InChI is InChI=1S/C25H19ClN4O5/c26-18-5-10-23-22(13-18)21-11-12-27(14-16-1-6-19(7-2-16)29(32)33)25(31)24(21)28(23)15-17-3-8-20(9-4-17)30(34)35/h1-10,13H,11-12,14-15H2. The van der Waals surface area contributed by atoms with Crippen LogP contribution in [0.5, 0.6) is 0 Å². The van der Waals surface area contributed by atoms with Gasteiger partial charge in [-0.3, -0.25) is 25.0 Å². The van der Waals surface area contributed by atoms with E-state index in [0.29, 0.717) is 36.8 Å². The summed E-state index contributed by atoms with van der Waals surface area (Å²) in [5, 5.41) is 23.4. The number of nitro groups is 2. The van der Waals surface area contributed by atoms with Crippen LogP contribution in [0.3, 0.4) is 0 Å². The lowest BCUT2D eigenvalue weighted by Gasteiger charge is -2.28. The molecule has 10 heteroatoms. The Hall–Kier alpha value is -4.24. The van der Waals surface area contributed by atoms with Crippen LogP contribution >= 0.6 is 11.6 Å². The van der Waals surface area contributed by atoms with E-state index in [-0.39, 0.29) is 17.3 Å². The Labute approximate surface area is 204 Å². The van der Waals surface area contributed by atoms with Gasteiger partial charge in [-0.25, -0.2) is 0 Å². The summed E-state index contributed by atoms with van der Waals surface area (Å²) in [6.07, 6.45) is 0.637. The first-order valence-corrected chi connectivity index (χ1v) is 11.3. The maximum atomic E-state index is 13.7. The van der Waals surface area contributed by atoms with E-state index in [2.05, 4.69) is 0 Å². The number of amides is 1. The molecule has 0 fully saturated rings. The third-order valence-corrected chi connectivity index (χ3v) is 6.50. The van der Waals surface area contributed by atoms with Gasteiger partial charge in [0.2, 0.25) is 0 Å². The van der Waals surface area contributed by atoms with Gasteiger partial charge in [0.1, 0.15) is 5.69 Å². The first-order chi connectivity index (χ1) is 16.8. The second kappa shape index (κ2) is 8.84. The number of rotatable bonds is 6. The number of aromatic nitrogens is 1. The molecule has 0 radical (unpaired) electrons. The molecule has 1 aliphatic rings. The van der Waals surface area contributed by atoms with E-state index >= 15 is 0 Å². The van der Waals surface area contributed by atoms with Gasteiger partial charge in [0.05, 0.1) is 9.85 Å². The summed E-state index contributed by atoms with van der Waals surface area (Å²) in [6.45, 7) is 1.20. The molecule has 5 rings (SSSR count). The number of non-ortho nitro benzene ring substituents is 2. The molecule has 0 aliphatic carbocycles. The minimum absolute atomic E-state index is 0.00103. The molecule has 0 N–H and O–H groups in total. The highest BCUT2D eigenvalue weighted by Gasteiger charge is 2.31. The van der Waals surface area contributed by atoms with Gasteiger partial charge in [-0.05, 0) is 41.3 Å². The zero-order valence-corrected chi connectivity index (χ0v) is 19.1. The first-order valence-electron chi connectivity index (χ1n) is 10.9. The Morgan fingerprint density at radius 1 is 0.829 bits per heavy atom. The smallest absolute Gasteiger partial charge is 0.271 e. The summed E-state index contributed by atoms with van der Waals surface area (Å²) in [6, 6.07) is 18.0. The maximum Gasteiger partial charge on any atom is 0.271 e. The molecule has 0 spiro atoms. The second-order valence-electron chi connectivity index (χ2n) is 8.40. The lowest BCUT2D eigenvalue weighted by molar-refractivity contribution is -0.385. The van der Waals surface area contributed by atoms with Crippen LogP contribution in [-0.4, -0.2) is 31.8 Å². The molecule has 1 amide bonds. The van der Waals surface area contributed by atoms with Gasteiger partial charge in [0.15, 0.2) is 0 Å². The number of carbonyl (C=O) groups is 1. The molecule has 0 atom stereocenters. The third kappa shape index (κ3) is 4.22. The van der Waals surface area contributed by atoms with Crippen molar-refractivity contribution in [2.24, 2.45) is 0 Å². The number of benzene rings is 3. The van der Waals surface area contributed by atoms with Crippen molar-refractivity contribution in [3.05, 3.63) is 114 Å². The lowest BCUT2D eigenvalue weighted by Crippen LogP contribution is -2.38. The van der Waals surface area contributed by atoms with E-state index in [0.717, 1.165) is 27.6 Å². The van der Waals surface area contributed by atoms with Gasteiger partial charge in [-0.15, -0.1) is 0 Å². The SMILES string of the molecule is O=C1c2c(c3cc(Cl)ccc3n2Cc2ccc([N+](=O)[O-])cc2)CCN1Cc1ccc([N+](=O)[O-])cc1. The van der Waals surface area contributed by atoms with Crippen molar-refractivity contribution in [1.29, 1.82) is 0 Å². The minimum Gasteiger partial charge on any atom is -0.333 e. The average Bonchev–Trinajstić information content (AvgIpc) is 3.14. The van der Waals surface area contributed by atoms with Crippen molar-refractivity contribution in [1.82, 2.24) is 9.47 Å². The largest absolute Gasteiger partial charge is 0.333 e. The lowest BCUT2D eigenvalue weighted by atomic mass is 10.0. The highest BCUT2D eigenvalue weighted by Crippen LogP contribution is 2.34. The van der Waals surface area contributed by atoms with E-state index in [1.807, 2.05) is 16.7 Å². The summed E-state index contributed by atoms with van der Waals surface area (Å²) >= 11 is 6.27. The van der Waals surface area contributed by atoms with Gasteiger partial charge >= 0.3 is 0 Å². The Bertz CT molecular complexity index is 1480. The van der Waals surface area contributed by atoms with Crippen LogP contribution in [-0.2, 0) is 19.5 Å². The molecule has 1 aromatic heterocycles. The van der Waals surface area contributed by atoms with Crippen LogP contribution in [0.15, 0.2) is 66.7 Å².